The first-order valence-corrected chi connectivity index (χ1v) is 6.30. The first-order valence-electron chi connectivity index (χ1n) is 5.48. The number of rotatable bonds is 1. The molecule has 0 saturated carbocycles. The molecule has 3 rings (SSSR count). The molecule has 0 amide bonds. The maximum absolute atomic E-state index is 8.90. The Labute approximate surface area is 108 Å². The quantitative estimate of drug-likeness (QED) is 0.671. The molecule has 3 aromatic rings. The lowest BCUT2D eigenvalue weighted by Crippen LogP contribution is -1.90. The number of benzene rings is 1. The molecular weight excluding hydrogens is 244 g/mol. The SMILES string of the molecule is Cc1ncc(-c2nc3cc(C#N)ccc3n2C)s1. The van der Waals surface area contributed by atoms with E-state index in [-0.39, 0.29) is 0 Å². The van der Waals surface area contributed by atoms with Gasteiger partial charge < -0.3 is 4.57 Å². The summed E-state index contributed by atoms with van der Waals surface area (Å²) in [4.78, 5) is 9.88. The second-order valence-corrected chi connectivity index (χ2v) is 5.29. The van der Waals surface area contributed by atoms with Crippen molar-refractivity contribution in [2.75, 3.05) is 0 Å². The minimum Gasteiger partial charge on any atom is -0.326 e. The minimum absolute atomic E-state index is 0.632. The summed E-state index contributed by atoms with van der Waals surface area (Å²) in [7, 11) is 1.98. The number of thiazole rings is 1. The zero-order valence-electron chi connectivity index (χ0n) is 10.0. The van der Waals surface area contributed by atoms with Crippen LogP contribution < -0.4 is 0 Å². The van der Waals surface area contributed by atoms with E-state index in [1.165, 1.54) is 0 Å². The van der Waals surface area contributed by atoms with Crippen molar-refractivity contribution >= 4 is 22.4 Å². The highest BCUT2D eigenvalue weighted by molar-refractivity contribution is 7.15. The van der Waals surface area contributed by atoms with E-state index < -0.39 is 0 Å². The first kappa shape index (κ1) is 10.9. The molecule has 0 bridgehead atoms. The number of fused-ring (bicyclic) bond motifs is 1. The molecule has 4 nitrogen and oxygen atoms in total. The molecule has 0 saturated heterocycles. The van der Waals surface area contributed by atoms with Gasteiger partial charge in [-0.05, 0) is 25.1 Å². The second kappa shape index (κ2) is 3.93. The van der Waals surface area contributed by atoms with E-state index in [1.807, 2.05) is 42.9 Å². The van der Waals surface area contributed by atoms with E-state index in [4.69, 9.17) is 5.26 Å². The highest BCUT2D eigenvalue weighted by Crippen LogP contribution is 2.28. The van der Waals surface area contributed by atoms with Gasteiger partial charge in [0.05, 0.1) is 32.6 Å². The zero-order valence-corrected chi connectivity index (χ0v) is 10.8. The van der Waals surface area contributed by atoms with Crippen molar-refractivity contribution in [3.8, 4) is 16.8 Å². The Balaban J connectivity index is 2.26. The molecule has 2 heterocycles. The molecule has 5 heteroatoms. The topological polar surface area (TPSA) is 54.5 Å². The predicted molar refractivity (Wildman–Crippen MR) is 71.3 cm³/mol. The van der Waals surface area contributed by atoms with Crippen LogP contribution in [0.4, 0.5) is 0 Å². The summed E-state index contributed by atoms with van der Waals surface area (Å²) >= 11 is 1.62. The largest absolute Gasteiger partial charge is 0.326 e. The molecule has 0 aliphatic rings. The fraction of sp³-hybridized carbons (Fsp3) is 0.154. The summed E-state index contributed by atoms with van der Waals surface area (Å²) in [6.07, 6.45) is 1.84. The van der Waals surface area contributed by atoms with Gasteiger partial charge >= 0.3 is 0 Å². The fourth-order valence-corrected chi connectivity index (χ4v) is 2.76. The molecule has 0 aliphatic carbocycles. The van der Waals surface area contributed by atoms with E-state index in [1.54, 1.807) is 11.3 Å². The van der Waals surface area contributed by atoms with Crippen LogP contribution in [0, 0.1) is 18.3 Å². The van der Waals surface area contributed by atoms with Gasteiger partial charge in [-0.1, -0.05) is 0 Å². The van der Waals surface area contributed by atoms with Crippen LogP contribution in [0.15, 0.2) is 24.4 Å². The summed E-state index contributed by atoms with van der Waals surface area (Å²) < 4.78 is 2.03. The monoisotopic (exact) mass is 254 g/mol. The minimum atomic E-state index is 0.632. The summed E-state index contributed by atoms with van der Waals surface area (Å²) in [5.74, 6) is 0.894. The Morgan fingerprint density at radius 3 is 2.89 bits per heavy atom. The average Bonchev–Trinajstić information content (AvgIpc) is 2.93. The van der Waals surface area contributed by atoms with Crippen LogP contribution in [-0.2, 0) is 7.05 Å². The van der Waals surface area contributed by atoms with Crippen molar-refractivity contribution in [3.05, 3.63) is 35.0 Å². The lowest BCUT2D eigenvalue weighted by Gasteiger charge is -1.98. The lowest BCUT2D eigenvalue weighted by molar-refractivity contribution is 0.962. The summed E-state index contributed by atoms with van der Waals surface area (Å²) in [5, 5.41) is 9.92. The number of aryl methyl sites for hydroxylation is 2. The van der Waals surface area contributed by atoms with E-state index in [0.29, 0.717) is 5.56 Å². The normalized spacial score (nSPS) is 10.7. The molecule has 0 atom stereocenters. The summed E-state index contributed by atoms with van der Waals surface area (Å²) in [6, 6.07) is 7.69. The van der Waals surface area contributed by atoms with Crippen LogP contribution in [0.3, 0.4) is 0 Å². The van der Waals surface area contributed by atoms with Crippen molar-refractivity contribution in [2.24, 2.45) is 7.05 Å². The maximum atomic E-state index is 8.90. The van der Waals surface area contributed by atoms with E-state index >= 15 is 0 Å². The number of aromatic nitrogens is 3. The standard InChI is InChI=1S/C13H10N4S/c1-8-15-7-12(18-8)13-16-10-5-9(6-14)3-4-11(10)17(13)2/h3-5,7H,1-2H3. The van der Waals surface area contributed by atoms with Crippen molar-refractivity contribution in [2.45, 2.75) is 6.92 Å². The summed E-state index contributed by atoms with van der Waals surface area (Å²) in [6.45, 7) is 1.98. The third-order valence-corrected chi connectivity index (χ3v) is 3.76. The van der Waals surface area contributed by atoms with Crippen molar-refractivity contribution in [1.29, 1.82) is 5.26 Å². The Morgan fingerprint density at radius 1 is 1.39 bits per heavy atom. The van der Waals surface area contributed by atoms with Crippen LogP contribution in [0.1, 0.15) is 10.6 Å². The maximum Gasteiger partial charge on any atom is 0.152 e. The molecule has 88 valence electrons. The third kappa shape index (κ3) is 1.59. The van der Waals surface area contributed by atoms with Crippen LogP contribution in [0.5, 0.6) is 0 Å². The van der Waals surface area contributed by atoms with Crippen molar-refractivity contribution < 1.29 is 0 Å². The average molecular weight is 254 g/mol. The molecule has 0 fully saturated rings. The molecule has 0 spiro atoms. The Hall–Kier alpha value is -2.19. The molecule has 1 aromatic carbocycles. The van der Waals surface area contributed by atoms with Crippen LogP contribution in [0.2, 0.25) is 0 Å². The predicted octanol–water partition coefficient (Wildman–Crippen LogP) is 2.88. The number of nitriles is 1. The smallest absolute Gasteiger partial charge is 0.152 e. The van der Waals surface area contributed by atoms with Gasteiger partial charge in [0.25, 0.3) is 0 Å². The van der Waals surface area contributed by atoms with Gasteiger partial charge in [0, 0.05) is 13.2 Å². The van der Waals surface area contributed by atoms with Gasteiger partial charge in [0.15, 0.2) is 5.82 Å². The highest BCUT2D eigenvalue weighted by Gasteiger charge is 2.12. The highest BCUT2D eigenvalue weighted by atomic mass is 32.1. The fourth-order valence-electron chi connectivity index (χ4n) is 1.95. The number of hydrogen-bond acceptors (Lipinski definition) is 4. The van der Waals surface area contributed by atoms with Crippen LogP contribution in [-0.4, -0.2) is 14.5 Å². The lowest BCUT2D eigenvalue weighted by atomic mass is 10.2. The van der Waals surface area contributed by atoms with E-state index in [0.717, 1.165) is 26.7 Å². The Bertz CT molecular complexity index is 776. The molecule has 0 N–H and O–H groups in total. The molecule has 0 unspecified atom stereocenters. The molecule has 2 aromatic heterocycles. The second-order valence-electron chi connectivity index (χ2n) is 4.05. The molecule has 0 radical (unpaired) electrons. The van der Waals surface area contributed by atoms with Gasteiger partial charge in [-0.15, -0.1) is 11.3 Å². The Morgan fingerprint density at radius 2 is 2.22 bits per heavy atom. The number of nitrogens with zero attached hydrogens (tertiary/aromatic N) is 4. The Kier molecular flexibility index (Phi) is 2.39. The summed E-state index contributed by atoms with van der Waals surface area (Å²) in [5.41, 5.74) is 2.50. The first-order chi connectivity index (χ1) is 8.69. The van der Waals surface area contributed by atoms with Gasteiger partial charge in [0.2, 0.25) is 0 Å². The van der Waals surface area contributed by atoms with Gasteiger partial charge in [0.1, 0.15) is 0 Å². The van der Waals surface area contributed by atoms with Crippen LogP contribution >= 0.6 is 11.3 Å². The van der Waals surface area contributed by atoms with Crippen molar-refractivity contribution in [1.82, 2.24) is 14.5 Å². The van der Waals surface area contributed by atoms with Gasteiger partial charge in [-0.2, -0.15) is 5.26 Å². The van der Waals surface area contributed by atoms with Gasteiger partial charge in [-0.3, -0.25) is 0 Å². The zero-order chi connectivity index (χ0) is 12.7. The molecule has 0 aliphatic heterocycles. The molecular formula is C13H10N4S. The van der Waals surface area contributed by atoms with E-state index in [9.17, 15) is 0 Å². The van der Waals surface area contributed by atoms with E-state index in [2.05, 4.69) is 16.0 Å². The van der Waals surface area contributed by atoms with Crippen molar-refractivity contribution in [3.63, 3.8) is 0 Å². The third-order valence-electron chi connectivity index (χ3n) is 2.85. The number of hydrogen-bond donors (Lipinski definition) is 0. The molecule has 18 heavy (non-hydrogen) atoms. The van der Waals surface area contributed by atoms with Gasteiger partial charge in [-0.25, -0.2) is 9.97 Å². The number of imidazole rings is 1. The van der Waals surface area contributed by atoms with Crippen LogP contribution in [0.25, 0.3) is 21.7 Å².